The number of anilines is 2. The highest BCUT2D eigenvalue weighted by molar-refractivity contribution is 5.90. The number of benzene rings is 1. The Bertz CT molecular complexity index is 1130. The summed E-state index contributed by atoms with van der Waals surface area (Å²) < 4.78 is 20.2. The van der Waals surface area contributed by atoms with Crippen molar-refractivity contribution in [1.29, 1.82) is 0 Å². The van der Waals surface area contributed by atoms with Gasteiger partial charge in [0.05, 0.1) is 18.8 Å². The Kier molecular flexibility index (Phi) is 7.23. The van der Waals surface area contributed by atoms with Gasteiger partial charge in [-0.3, -0.25) is 14.5 Å². The highest BCUT2D eigenvalue weighted by Crippen LogP contribution is 2.29. The molecule has 0 spiro atoms. The molecule has 0 aliphatic carbocycles. The van der Waals surface area contributed by atoms with Gasteiger partial charge in [0, 0.05) is 56.6 Å². The van der Waals surface area contributed by atoms with E-state index in [1.165, 1.54) is 17.9 Å². The van der Waals surface area contributed by atoms with Crippen LogP contribution in [0.5, 0.6) is 0 Å². The molecule has 0 bridgehead atoms. The Balaban J connectivity index is 1.40. The predicted molar refractivity (Wildman–Crippen MR) is 127 cm³/mol. The summed E-state index contributed by atoms with van der Waals surface area (Å²) in [6.45, 7) is 5.98. The molecular weight excluding hydrogens is 455 g/mol. The molecule has 2 aliphatic heterocycles. The zero-order chi connectivity index (χ0) is 24.9. The van der Waals surface area contributed by atoms with E-state index in [1.807, 2.05) is 11.8 Å². The molecule has 2 saturated heterocycles. The fourth-order valence-corrected chi connectivity index (χ4v) is 4.00. The van der Waals surface area contributed by atoms with Crippen LogP contribution in [0.3, 0.4) is 0 Å². The highest BCUT2D eigenvalue weighted by atomic mass is 19.1. The molecule has 1 atom stereocenters. The average Bonchev–Trinajstić information content (AvgIpc) is 3.23. The van der Waals surface area contributed by atoms with Crippen LogP contribution in [0, 0.1) is 5.82 Å². The number of hydrogen-bond donors (Lipinski definition) is 1. The fourth-order valence-electron chi connectivity index (χ4n) is 4.00. The fraction of sp³-hybridized carbons (Fsp3) is 0.375. The van der Waals surface area contributed by atoms with Crippen molar-refractivity contribution < 1.29 is 23.5 Å². The number of nitrogens with one attached hydrogen (secondary N) is 1. The Morgan fingerprint density at radius 1 is 1.20 bits per heavy atom. The number of carbonyl (C=O) groups excluding carboxylic acids is 3. The molecule has 35 heavy (non-hydrogen) atoms. The standard InChI is InChI=1S/C24H27FN6O4/c1-3-4-22(33)29-7-9-30(10-8-29)23-27-12-17(13-28-23)20-6-5-18(11-21(20)25)31-15-19(35-24(31)34)14-26-16(2)32/h3-6,11-13,19H,7-10,14-15H2,1-2H3,(H,26,32)/b4-3+/t19-/m0/s1. The van der Waals surface area contributed by atoms with Gasteiger partial charge in [-0.15, -0.1) is 0 Å². The van der Waals surface area contributed by atoms with Crippen molar-refractivity contribution in [1.82, 2.24) is 20.2 Å². The minimum atomic E-state index is -0.590. The molecule has 1 aromatic heterocycles. The first-order chi connectivity index (χ1) is 16.9. The van der Waals surface area contributed by atoms with Gasteiger partial charge in [-0.05, 0) is 31.2 Å². The van der Waals surface area contributed by atoms with E-state index in [9.17, 15) is 18.8 Å². The SMILES string of the molecule is C/C=C/C(=O)N1CCN(c2ncc(-c3ccc(N4C[C@H](CNC(C)=O)OC4=O)cc3F)cn2)CC1. The summed E-state index contributed by atoms with van der Waals surface area (Å²) in [5.41, 5.74) is 1.18. The summed E-state index contributed by atoms with van der Waals surface area (Å²) >= 11 is 0. The Hall–Kier alpha value is -4.02. The van der Waals surface area contributed by atoms with Gasteiger partial charge in [0.1, 0.15) is 11.9 Å². The third kappa shape index (κ3) is 5.56. The lowest BCUT2D eigenvalue weighted by atomic mass is 10.1. The smallest absolute Gasteiger partial charge is 0.414 e. The molecule has 1 aromatic carbocycles. The highest BCUT2D eigenvalue weighted by Gasteiger charge is 2.32. The molecule has 11 heteroatoms. The number of hydrogen-bond acceptors (Lipinski definition) is 7. The van der Waals surface area contributed by atoms with Crippen LogP contribution in [-0.2, 0) is 14.3 Å². The third-order valence-corrected chi connectivity index (χ3v) is 5.85. The lowest BCUT2D eigenvalue weighted by Gasteiger charge is -2.34. The first-order valence-corrected chi connectivity index (χ1v) is 11.4. The van der Waals surface area contributed by atoms with Gasteiger partial charge in [0.25, 0.3) is 0 Å². The molecule has 4 rings (SSSR count). The number of amides is 3. The molecule has 10 nitrogen and oxygen atoms in total. The summed E-state index contributed by atoms with van der Waals surface area (Å²) in [4.78, 5) is 49.1. The number of halogens is 1. The van der Waals surface area contributed by atoms with E-state index in [0.29, 0.717) is 48.9 Å². The molecule has 2 fully saturated rings. The number of carbonyl (C=O) groups is 3. The number of nitrogens with zero attached hydrogens (tertiary/aromatic N) is 5. The number of aromatic nitrogens is 2. The second kappa shape index (κ2) is 10.5. The van der Waals surface area contributed by atoms with Gasteiger partial charge < -0.3 is 19.9 Å². The summed E-state index contributed by atoms with van der Waals surface area (Å²) in [5, 5.41) is 2.61. The van der Waals surface area contributed by atoms with Crippen molar-refractivity contribution in [3.05, 3.63) is 48.6 Å². The van der Waals surface area contributed by atoms with Crippen molar-refractivity contribution in [2.75, 3.05) is 49.1 Å². The van der Waals surface area contributed by atoms with Gasteiger partial charge in [-0.2, -0.15) is 0 Å². The van der Waals surface area contributed by atoms with Gasteiger partial charge >= 0.3 is 6.09 Å². The van der Waals surface area contributed by atoms with Crippen molar-refractivity contribution >= 4 is 29.5 Å². The van der Waals surface area contributed by atoms with E-state index in [2.05, 4.69) is 15.3 Å². The van der Waals surface area contributed by atoms with E-state index in [-0.39, 0.29) is 24.9 Å². The zero-order valence-corrected chi connectivity index (χ0v) is 19.6. The van der Waals surface area contributed by atoms with Crippen LogP contribution < -0.4 is 15.1 Å². The van der Waals surface area contributed by atoms with Gasteiger partial charge in [0.15, 0.2) is 0 Å². The summed E-state index contributed by atoms with van der Waals surface area (Å²) in [6.07, 6.45) is 5.31. The number of allylic oxidation sites excluding steroid dienone is 1. The van der Waals surface area contributed by atoms with Crippen molar-refractivity contribution in [2.45, 2.75) is 20.0 Å². The molecular formula is C24H27FN6O4. The molecule has 2 aliphatic rings. The van der Waals surface area contributed by atoms with Crippen molar-refractivity contribution in [3.8, 4) is 11.1 Å². The maximum Gasteiger partial charge on any atom is 0.414 e. The molecule has 0 radical (unpaired) electrons. The molecule has 184 valence electrons. The average molecular weight is 483 g/mol. The van der Waals surface area contributed by atoms with Crippen LogP contribution in [0.1, 0.15) is 13.8 Å². The van der Waals surface area contributed by atoms with Crippen LogP contribution in [0.2, 0.25) is 0 Å². The van der Waals surface area contributed by atoms with Crippen molar-refractivity contribution in [2.24, 2.45) is 0 Å². The van der Waals surface area contributed by atoms with Crippen molar-refractivity contribution in [3.63, 3.8) is 0 Å². The molecule has 0 saturated carbocycles. The Morgan fingerprint density at radius 3 is 2.54 bits per heavy atom. The molecule has 2 aromatic rings. The monoisotopic (exact) mass is 482 g/mol. The minimum Gasteiger partial charge on any atom is -0.442 e. The first kappa shape index (κ1) is 24.1. The maximum atomic E-state index is 15.0. The quantitative estimate of drug-likeness (QED) is 0.627. The Morgan fingerprint density at radius 2 is 1.91 bits per heavy atom. The zero-order valence-electron chi connectivity index (χ0n) is 19.6. The second-order valence-corrected chi connectivity index (χ2v) is 8.30. The van der Waals surface area contributed by atoms with E-state index in [4.69, 9.17) is 4.74 Å². The topological polar surface area (TPSA) is 108 Å². The molecule has 1 N–H and O–H groups in total. The van der Waals surface area contributed by atoms with Gasteiger partial charge in [0.2, 0.25) is 17.8 Å². The normalized spacial score (nSPS) is 18.2. The van der Waals surface area contributed by atoms with Gasteiger partial charge in [-0.25, -0.2) is 19.2 Å². The van der Waals surface area contributed by atoms with Crippen LogP contribution in [-0.4, -0.2) is 78.1 Å². The molecule has 0 unspecified atom stereocenters. The van der Waals surface area contributed by atoms with E-state index in [1.54, 1.807) is 41.6 Å². The van der Waals surface area contributed by atoms with E-state index >= 15 is 0 Å². The lowest BCUT2D eigenvalue weighted by Crippen LogP contribution is -2.48. The van der Waals surface area contributed by atoms with Crippen LogP contribution in [0.4, 0.5) is 20.8 Å². The molecule has 3 heterocycles. The first-order valence-electron chi connectivity index (χ1n) is 11.4. The van der Waals surface area contributed by atoms with Gasteiger partial charge in [-0.1, -0.05) is 6.08 Å². The lowest BCUT2D eigenvalue weighted by molar-refractivity contribution is -0.126. The van der Waals surface area contributed by atoms with Crippen LogP contribution in [0.15, 0.2) is 42.7 Å². The molecule has 3 amide bonds. The minimum absolute atomic E-state index is 0.00669. The summed E-state index contributed by atoms with van der Waals surface area (Å²) in [7, 11) is 0. The largest absolute Gasteiger partial charge is 0.442 e. The van der Waals surface area contributed by atoms with Crippen LogP contribution >= 0.6 is 0 Å². The summed E-state index contributed by atoms with van der Waals surface area (Å²) in [6, 6.07) is 4.48. The number of cyclic esters (lactones) is 1. The number of piperazine rings is 1. The number of ether oxygens (including phenoxy) is 1. The van der Waals surface area contributed by atoms with E-state index in [0.717, 1.165) is 0 Å². The third-order valence-electron chi connectivity index (χ3n) is 5.85. The maximum absolute atomic E-state index is 15.0. The summed E-state index contributed by atoms with van der Waals surface area (Å²) in [5.74, 6) is -0.223. The van der Waals surface area contributed by atoms with Crippen LogP contribution in [0.25, 0.3) is 11.1 Å². The van der Waals surface area contributed by atoms with E-state index < -0.39 is 18.0 Å². The Labute approximate surface area is 202 Å². The second-order valence-electron chi connectivity index (χ2n) is 8.30. The number of rotatable bonds is 6. The predicted octanol–water partition coefficient (Wildman–Crippen LogP) is 1.97.